The lowest BCUT2D eigenvalue weighted by Crippen LogP contribution is -2.11. The third kappa shape index (κ3) is 4.49. The van der Waals surface area contributed by atoms with Crippen molar-refractivity contribution in [2.75, 3.05) is 14.2 Å². The van der Waals surface area contributed by atoms with Crippen LogP contribution in [0.1, 0.15) is 5.56 Å². The number of halogens is 1. The number of nitrogens with zero attached hydrogens (tertiary/aromatic N) is 1. The summed E-state index contributed by atoms with van der Waals surface area (Å²) in [6, 6.07) is 8.04. The first-order valence-corrected chi connectivity index (χ1v) is 5.62. The molecule has 0 saturated heterocycles. The minimum Gasteiger partial charge on any atom is -0.466 e. The van der Waals surface area contributed by atoms with Gasteiger partial charge in [-0.25, -0.2) is 4.79 Å². The van der Waals surface area contributed by atoms with Crippen LogP contribution < -0.4 is 0 Å². The molecule has 0 radical (unpaired) electrons. The first kappa shape index (κ1) is 12.8. The highest BCUT2D eigenvalue weighted by Crippen LogP contribution is 2.12. The molecule has 1 rings (SSSR count). The first-order chi connectivity index (χ1) is 7.61. The van der Waals surface area contributed by atoms with Crippen LogP contribution in [0.25, 0.3) is 0 Å². The first-order valence-electron chi connectivity index (χ1n) is 4.82. The van der Waals surface area contributed by atoms with Crippen LogP contribution in [0.4, 0.5) is 0 Å². The molecular formula is C12H14BrNO2. The van der Waals surface area contributed by atoms with Crippen LogP contribution in [0.5, 0.6) is 0 Å². The van der Waals surface area contributed by atoms with Crippen molar-refractivity contribution in [3.8, 4) is 0 Å². The molecule has 0 unspecified atom stereocenters. The van der Waals surface area contributed by atoms with E-state index in [1.165, 1.54) is 18.7 Å². The minimum atomic E-state index is -0.346. The van der Waals surface area contributed by atoms with E-state index in [1.807, 2.05) is 36.2 Å². The second-order valence-electron chi connectivity index (χ2n) is 3.38. The Morgan fingerprint density at radius 2 is 2.31 bits per heavy atom. The second kappa shape index (κ2) is 6.33. The van der Waals surface area contributed by atoms with Crippen molar-refractivity contribution < 1.29 is 9.53 Å². The van der Waals surface area contributed by atoms with Crippen LogP contribution in [0, 0.1) is 0 Å². The lowest BCUT2D eigenvalue weighted by atomic mass is 10.2. The molecule has 4 heteroatoms. The molecule has 1 aromatic rings. The lowest BCUT2D eigenvalue weighted by molar-refractivity contribution is -0.134. The topological polar surface area (TPSA) is 29.5 Å². The molecule has 0 aliphatic heterocycles. The molecule has 0 aliphatic carbocycles. The van der Waals surface area contributed by atoms with Crippen LogP contribution in [-0.2, 0) is 16.1 Å². The summed E-state index contributed by atoms with van der Waals surface area (Å²) < 4.78 is 5.56. The zero-order valence-electron chi connectivity index (χ0n) is 9.31. The average molecular weight is 284 g/mol. The van der Waals surface area contributed by atoms with E-state index < -0.39 is 0 Å². The van der Waals surface area contributed by atoms with Crippen LogP contribution in [0.15, 0.2) is 41.0 Å². The maximum Gasteiger partial charge on any atom is 0.331 e. The normalized spacial score (nSPS) is 10.4. The molecule has 3 nitrogen and oxygen atoms in total. The molecular weight excluding hydrogens is 270 g/mol. The van der Waals surface area contributed by atoms with Crippen LogP contribution in [0.3, 0.4) is 0 Å². The molecule has 16 heavy (non-hydrogen) atoms. The van der Waals surface area contributed by atoms with Crippen molar-refractivity contribution in [2.24, 2.45) is 0 Å². The van der Waals surface area contributed by atoms with Gasteiger partial charge < -0.3 is 9.64 Å². The van der Waals surface area contributed by atoms with Crippen molar-refractivity contribution in [3.05, 3.63) is 46.6 Å². The van der Waals surface area contributed by atoms with Gasteiger partial charge in [0, 0.05) is 30.3 Å². The van der Waals surface area contributed by atoms with Gasteiger partial charge in [0.2, 0.25) is 0 Å². The minimum absolute atomic E-state index is 0.346. The van der Waals surface area contributed by atoms with Gasteiger partial charge in [0.15, 0.2) is 0 Å². The summed E-state index contributed by atoms with van der Waals surface area (Å²) in [6.07, 6.45) is 3.10. The van der Waals surface area contributed by atoms with Crippen LogP contribution >= 0.6 is 15.9 Å². The Balaban J connectivity index is 2.54. The van der Waals surface area contributed by atoms with Crippen LogP contribution in [-0.4, -0.2) is 25.0 Å². The van der Waals surface area contributed by atoms with Gasteiger partial charge in [0.1, 0.15) is 0 Å². The Hall–Kier alpha value is -1.29. The van der Waals surface area contributed by atoms with Crippen molar-refractivity contribution in [2.45, 2.75) is 6.54 Å². The highest BCUT2D eigenvalue weighted by Gasteiger charge is 1.97. The van der Waals surface area contributed by atoms with Gasteiger partial charge in [-0.2, -0.15) is 0 Å². The third-order valence-corrected chi connectivity index (χ3v) is 2.48. The van der Waals surface area contributed by atoms with Gasteiger partial charge in [-0.05, 0) is 17.7 Å². The molecule has 0 N–H and O–H groups in total. The number of ether oxygens (including phenoxy) is 1. The fraction of sp³-hybridized carbons (Fsp3) is 0.250. The number of hydrogen-bond donors (Lipinski definition) is 0. The molecule has 0 spiro atoms. The molecule has 0 fully saturated rings. The lowest BCUT2D eigenvalue weighted by Gasteiger charge is -2.13. The van der Waals surface area contributed by atoms with Gasteiger partial charge in [-0.1, -0.05) is 28.1 Å². The Morgan fingerprint density at radius 1 is 1.56 bits per heavy atom. The van der Waals surface area contributed by atoms with Gasteiger partial charge >= 0.3 is 5.97 Å². The summed E-state index contributed by atoms with van der Waals surface area (Å²) in [5.74, 6) is -0.346. The van der Waals surface area contributed by atoms with E-state index in [2.05, 4.69) is 20.7 Å². The van der Waals surface area contributed by atoms with E-state index in [9.17, 15) is 4.79 Å². The molecule has 0 bridgehead atoms. The average Bonchev–Trinajstić information content (AvgIpc) is 2.26. The monoisotopic (exact) mass is 283 g/mol. The SMILES string of the molecule is COC(=O)C=CN(C)Cc1cccc(Br)c1. The van der Waals surface area contributed by atoms with Crippen molar-refractivity contribution in [1.29, 1.82) is 0 Å². The highest BCUT2D eigenvalue weighted by atomic mass is 79.9. The van der Waals surface area contributed by atoms with Gasteiger partial charge in [0.25, 0.3) is 0 Å². The predicted molar refractivity (Wildman–Crippen MR) is 66.8 cm³/mol. The number of esters is 1. The van der Waals surface area contributed by atoms with Gasteiger partial charge in [-0.15, -0.1) is 0 Å². The standard InChI is InChI=1S/C12H14BrNO2/c1-14(7-6-12(15)16-2)9-10-4-3-5-11(13)8-10/h3-8H,9H2,1-2H3. The summed E-state index contributed by atoms with van der Waals surface area (Å²) in [5, 5.41) is 0. The van der Waals surface area contributed by atoms with Gasteiger partial charge in [0.05, 0.1) is 7.11 Å². The van der Waals surface area contributed by atoms with Crippen molar-refractivity contribution in [3.63, 3.8) is 0 Å². The number of rotatable bonds is 4. The quantitative estimate of drug-likeness (QED) is 0.628. The summed E-state index contributed by atoms with van der Waals surface area (Å²) >= 11 is 3.41. The Kier molecular flexibility index (Phi) is 5.05. The van der Waals surface area contributed by atoms with E-state index in [0.717, 1.165) is 11.0 Å². The number of hydrogen-bond acceptors (Lipinski definition) is 3. The highest BCUT2D eigenvalue weighted by molar-refractivity contribution is 9.10. The maximum atomic E-state index is 10.9. The summed E-state index contributed by atoms with van der Waals surface area (Å²) in [5.41, 5.74) is 1.17. The van der Waals surface area contributed by atoms with Gasteiger partial charge in [-0.3, -0.25) is 0 Å². The number of methoxy groups -OCH3 is 1. The van der Waals surface area contributed by atoms with Crippen molar-refractivity contribution in [1.82, 2.24) is 4.90 Å². The Morgan fingerprint density at radius 3 is 2.94 bits per heavy atom. The Labute approximate surface area is 104 Å². The molecule has 0 atom stereocenters. The third-order valence-electron chi connectivity index (χ3n) is 1.99. The molecule has 0 amide bonds. The predicted octanol–water partition coefficient (Wildman–Crippen LogP) is 2.57. The number of benzene rings is 1. The fourth-order valence-corrected chi connectivity index (χ4v) is 1.68. The van der Waals surface area contributed by atoms with E-state index in [4.69, 9.17) is 0 Å². The maximum absolute atomic E-state index is 10.9. The summed E-state index contributed by atoms with van der Waals surface area (Å²) in [6.45, 7) is 0.743. The summed E-state index contributed by atoms with van der Waals surface area (Å²) in [7, 11) is 3.27. The molecule has 0 heterocycles. The molecule has 0 aliphatic rings. The molecule has 0 aromatic heterocycles. The molecule has 0 saturated carbocycles. The van der Waals surface area contributed by atoms with E-state index in [1.54, 1.807) is 6.20 Å². The summed E-state index contributed by atoms with van der Waals surface area (Å²) in [4.78, 5) is 12.8. The van der Waals surface area contributed by atoms with Crippen molar-refractivity contribution >= 4 is 21.9 Å². The van der Waals surface area contributed by atoms with Crippen LogP contribution in [0.2, 0.25) is 0 Å². The zero-order chi connectivity index (χ0) is 12.0. The largest absolute Gasteiger partial charge is 0.466 e. The van der Waals surface area contributed by atoms with E-state index in [-0.39, 0.29) is 5.97 Å². The Bertz CT molecular complexity index is 390. The molecule has 1 aromatic carbocycles. The number of carbonyl (C=O) groups is 1. The fourth-order valence-electron chi connectivity index (χ4n) is 1.23. The van der Waals surface area contributed by atoms with E-state index in [0.29, 0.717) is 0 Å². The number of carbonyl (C=O) groups excluding carboxylic acids is 1. The van der Waals surface area contributed by atoms with E-state index >= 15 is 0 Å². The second-order valence-corrected chi connectivity index (χ2v) is 4.30. The molecule has 86 valence electrons. The smallest absolute Gasteiger partial charge is 0.331 e. The zero-order valence-corrected chi connectivity index (χ0v) is 10.9.